The lowest BCUT2D eigenvalue weighted by Crippen LogP contribution is -2.21. The highest BCUT2D eigenvalue weighted by molar-refractivity contribution is 7.15. The highest BCUT2D eigenvalue weighted by atomic mass is 32.1. The van der Waals surface area contributed by atoms with Crippen LogP contribution in [0, 0.1) is 6.92 Å². The Morgan fingerprint density at radius 1 is 1.47 bits per heavy atom. The van der Waals surface area contributed by atoms with Crippen LogP contribution in [0.1, 0.15) is 33.0 Å². The predicted octanol–water partition coefficient (Wildman–Crippen LogP) is 1.88. The van der Waals surface area contributed by atoms with Crippen molar-refractivity contribution in [3.8, 4) is 0 Å². The number of anilines is 1. The number of pyridine rings is 1. The van der Waals surface area contributed by atoms with Crippen LogP contribution in [-0.2, 0) is 12.8 Å². The second kappa shape index (κ2) is 4.62. The Balaban J connectivity index is 1.82. The first-order valence-corrected chi connectivity index (χ1v) is 6.94. The Labute approximate surface area is 113 Å². The zero-order valence-corrected chi connectivity index (χ0v) is 11.3. The van der Waals surface area contributed by atoms with Gasteiger partial charge in [0.15, 0.2) is 10.6 Å². The highest BCUT2D eigenvalue weighted by Gasteiger charge is 2.19. The summed E-state index contributed by atoms with van der Waals surface area (Å²) in [5, 5.41) is 3.27. The molecule has 0 atom stereocenters. The van der Waals surface area contributed by atoms with Crippen molar-refractivity contribution in [3.63, 3.8) is 0 Å². The number of nitrogens with one attached hydrogen (secondary N) is 2. The van der Waals surface area contributed by atoms with Gasteiger partial charge in [0.2, 0.25) is 0 Å². The summed E-state index contributed by atoms with van der Waals surface area (Å²) < 4.78 is 0. The van der Waals surface area contributed by atoms with E-state index >= 15 is 0 Å². The van der Waals surface area contributed by atoms with Crippen LogP contribution in [0.25, 0.3) is 0 Å². The standard InChI is InChI=1S/C13H13N3O2S/c1-7-5-10(17)8(6-14-7)12(18)16-13-15-9-3-2-4-11(9)19-13/h5-6H,2-4H2,1H3,(H,14,17)(H,15,16,18). The van der Waals surface area contributed by atoms with E-state index in [4.69, 9.17) is 0 Å². The number of hydrogen-bond acceptors (Lipinski definition) is 4. The Bertz CT molecular complexity index is 681. The summed E-state index contributed by atoms with van der Waals surface area (Å²) in [7, 11) is 0. The van der Waals surface area contributed by atoms with Crippen molar-refractivity contribution >= 4 is 22.4 Å². The number of fused-ring (bicyclic) bond motifs is 1. The van der Waals surface area contributed by atoms with Crippen molar-refractivity contribution in [2.75, 3.05) is 5.32 Å². The number of carbonyl (C=O) groups is 1. The van der Waals surface area contributed by atoms with Crippen LogP contribution in [0.3, 0.4) is 0 Å². The average molecular weight is 275 g/mol. The van der Waals surface area contributed by atoms with Gasteiger partial charge in [0.25, 0.3) is 5.91 Å². The lowest BCUT2D eigenvalue weighted by molar-refractivity contribution is 0.102. The number of amides is 1. The van der Waals surface area contributed by atoms with Crippen molar-refractivity contribution in [1.82, 2.24) is 9.97 Å². The molecule has 0 aromatic carbocycles. The molecule has 0 unspecified atom stereocenters. The molecule has 2 aromatic rings. The number of aryl methyl sites for hydroxylation is 3. The molecule has 0 bridgehead atoms. The minimum Gasteiger partial charge on any atom is -0.364 e. The largest absolute Gasteiger partial charge is 0.364 e. The van der Waals surface area contributed by atoms with Crippen LogP contribution in [0.4, 0.5) is 5.13 Å². The highest BCUT2D eigenvalue weighted by Crippen LogP contribution is 2.30. The molecule has 2 aromatic heterocycles. The van der Waals surface area contributed by atoms with Gasteiger partial charge in [-0.3, -0.25) is 14.9 Å². The van der Waals surface area contributed by atoms with Crippen LogP contribution >= 0.6 is 11.3 Å². The maximum atomic E-state index is 12.0. The number of thiazole rings is 1. The molecule has 1 amide bonds. The SMILES string of the molecule is Cc1cc(=O)c(C(=O)Nc2nc3c(s2)CCC3)c[nH]1. The predicted molar refractivity (Wildman–Crippen MR) is 73.9 cm³/mol. The zero-order valence-electron chi connectivity index (χ0n) is 10.4. The quantitative estimate of drug-likeness (QED) is 0.878. The van der Waals surface area contributed by atoms with Crippen LogP contribution in [0.15, 0.2) is 17.1 Å². The molecule has 0 spiro atoms. The normalized spacial score (nSPS) is 13.3. The van der Waals surface area contributed by atoms with Gasteiger partial charge in [0, 0.05) is 22.8 Å². The number of nitrogens with zero attached hydrogens (tertiary/aromatic N) is 1. The molecule has 0 saturated heterocycles. The maximum absolute atomic E-state index is 12.0. The molecule has 0 fully saturated rings. The molecule has 3 rings (SSSR count). The Morgan fingerprint density at radius 3 is 3.05 bits per heavy atom. The lowest BCUT2D eigenvalue weighted by atomic mass is 10.2. The number of carbonyl (C=O) groups excluding carboxylic acids is 1. The summed E-state index contributed by atoms with van der Waals surface area (Å²) in [6.45, 7) is 1.77. The smallest absolute Gasteiger partial charge is 0.262 e. The van der Waals surface area contributed by atoms with E-state index in [1.807, 2.05) is 0 Å². The molecule has 2 N–H and O–H groups in total. The van der Waals surface area contributed by atoms with Crippen LogP contribution < -0.4 is 10.7 Å². The van der Waals surface area contributed by atoms with Gasteiger partial charge in [-0.1, -0.05) is 0 Å². The van der Waals surface area contributed by atoms with Gasteiger partial charge in [0.05, 0.1) is 5.69 Å². The second-order valence-electron chi connectivity index (χ2n) is 4.59. The summed E-state index contributed by atoms with van der Waals surface area (Å²) in [5.74, 6) is -0.409. The van der Waals surface area contributed by atoms with Crippen molar-refractivity contribution in [1.29, 1.82) is 0 Å². The fraction of sp³-hybridized carbons (Fsp3) is 0.308. The molecular formula is C13H13N3O2S. The number of rotatable bonds is 2. The Kier molecular flexibility index (Phi) is 2.94. The number of hydrogen-bond donors (Lipinski definition) is 2. The van der Waals surface area contributed by atoms with Crippen molar-refractivity contribution in [2.45, 2.75) is 26.2 Å². The molecule has 5 nitrogen and oxygen atoms in total. The average Bonchev–Trinajstić information content (AvgIpc) is 2.89. The monoisotopic (exact) mass is 275 g/mol. The van der Waals surface area contributed by atoms with Gasteiger partial charge < -0.3 is 4.98 Å². The third-order valence-electron chi connectivity index (χ3n) is 3.12. The molecule has 1 aliphatic rings. The first-order chi connectivity index (χ1) is 9.13. The topological polar surface area (TPSA) is 74.8 Å². The Hall–Kier alpha value is -1.95. The van der Waals surface area contributed by atoms with Crippen LogP contribution in [0.5, 0.6) is 0 Å². The third-order valence-corrected chi connectivity index (χ3v) is 4.19. The van der Waals surface area contributed by atoms with E-state index in [-0.39, 0.29) is 11.0 Å². The van der Waals surface area contributed by atoms with E-state index in [1.165, 1.54) is 28.5 Å². The molecule has 0 saturated carbocycles. The van der Waals surface area contributed by atoms with E-state index in [1.54, 1.807) is 6.92 Å². The minimum atomic E-state index is -0.409. The molecule has 0 radical (unpaired) electrons. The third kappa shape index (κ3) is 2.31. The second-order valence-corrected chi connectivity index (χ2v) is 5.67. The van der Waals surface area contributed by atoms with E-state index in [0.717, 1.165) is 30.7 Å². The van der Waals surface area contributed by atoms with Crippen LogP contribution in [-0.4, -0.2) is 15.9 Å². The van der Waals surface area contributed by atoms with E-state index < -0.39 is 5.91 Å². The fourth-order valence-corrected chi connectivity index (χ4v) is 3.20. The molecule has 19 heavy (non-hydrogen) atoms. The first-order valence-electron chi connectivity index (χ1n) is 6.13. The van der Waals surface area contributed by atoms with Crippen molar-refractivity contribution in [2.24, 2.45) is 0 Å². The summed E-state index contributed by atoms with van der Waals surface area (Å²) >= 11 is 1.50. The number of H-pyrrole nitrogens is 1. The number of aromatic nitrogens is 2. The van der Waals surface area contributed by atoms with Gasteiger partial charge in [-0.25, -0.2) is 4.98 Å². The molecule has 2 heterocycles. The van der Waals surface area contributed by atoms with E-state index in [2.05, 4.69) is 15.3 Å². The minimum absolute atomic E-state index is 0.112. The molecular weight excluding hydrogens is 262 g/mol. The first kappa shape index (κ1) is 12.1. The zero-order chi connectivity index (χ0) is 13.4. The fourth-order valence-electron chi connectivity index (χ4n) is 2.16. The van der Waals surface area contributed by atoms with Gasteiger partial charge >= 0.3 is 0 Å². The van der Waals surface area contributed by atoms with Gasteiger partial charge in [0.1, 0.15) is 5.56 Å². The Morgan fingerprint density at radius 2 is 2.32 bits per heavy atom. The summed E-state index contributed by atoms with van der Waals surface area (Å²) in [6, 6.07) is 1.41. The van der Waals surface area contributed by atoms with Crippen molar-refractivity contribution < 1.29 is 4.79 Å². The molecule has 1 aliphatic carbocycles. The van der Waals surface area contributed by atoms with Gasteiger partial charge in [-0.05, 0) is 26.2 Å². The van der Waals surface area contributed by atoms with Gasteiger partial charge in [-0.15, -0.1) is 11.3 Å². The molecule has 6 heteroatoms. The van der Waals surface area contributed by atoms with Crippen LogP contribution in [0.2, 0.25) is 0 Å². The van der Waals surface area contributed by atoms with E-state index in [0.29, 0.717) is 5.13 Å². The van der Waals surface area contributed by atoms with E-state index in [9.17, 15) is 9.59 Å². The number of aromatic amines is 1. The molecule has 98 valence electrons. The summed E-state index contributed by atoms with van der Waals surface area (Å²) in [6.07, 6.45) is 4.59. The molecule has 0 aliphatic heterocycles. The summed E-state index contributed by atoms with van der Waals surface area (Å²) in [5.41, 5.74) is 1.65. The van der Waals surface area contributed by atoms with Gasteiger partial charge in [-0.2, -0.15) is 0 Å². The summed E-state index contributed by atoms with van der Waals surface area (Å²) in [4.78, 5) is 32.2. The lowest BCUT2D eigenvalue weighted by Gasteiger charge is -2.01. The van der Waals surface area contributed by atoms with Crippen molar-refractivity contribution in [3.05, 3.63) is 44.3 Å². The maximum Gasteiger partial charge on any atom is 0.262 e.